The number of rotatable bonds is 5. The molecule has 2 fully saturated rings. The summed E-state index contributed by atoms with van der Waals surface area (Å²) in [5.74, 6) is 0.353. The first kappa shape index (κ1) is 15.3. The van der Waals surface area contributed by atoms with Crippen LogP contribution in [0.15, 0.2) is 0 Å². The largest absolute Gasteiger partial charge is 0.326 e. The van der Waals surface area contributed by atoms with Gasteiger partial charge in [-0.1, -0.05) is 27.2 Å². The van der Waals surface area contributed by atoms with Gasteiger partial charge in [0.15, 0.2) is 0 Å². The number of amides is 3. The molecule has 2 aliphatic rings. The van der Waals surface area contributed by atoms with Gasteiger partial charge in [0.05, 0.1) is 6.67 Å². The third kappa shape index (κ3) is 3.32. The summed E-state index contributed by atoms with van der Waals surface area (Å²) in [5, 5.41) is 2.82. The molecule has 5 heteroatoms. The summed E-state index contributed by atoms with van der Waals surface area (Å²) in [6, 6.07) is -0.0399. The number of nitrogens with one attached hydrogen (secondary N) is 1. The van der Waals surface area contributed by atoms with Crippen LogP contribution in [0.25, 0.3) is 0 Å². The third-order valence-electron chi connectivity index (χ3n) is 4.36. The summed E-state index contributed by atoms with van der Waals surface area (Å²) >= 11 is 0. The fourth-order valence-electron chi connectivity index (χ4n) is 3.23. The van der Waals surface area contributed by atoms with Crippen molar-refractivity contribution in [2.45, 2.75) is 65.0 Å². The molecular formula is C15H27N3O2. The van der Waals surface area contributed by atoms with Crippen molar-refractivity contribution >= 4 is 11.9 Å². The molecule has 0 aromatic carbocycles. The van der Waals surface area contributed by atoms with E-state index in [4.69, 9.17) is 0 Å². The van der Waals surface area contributed by atoms with E-state index in [9.17, 15) is 9.59 Å². The fourth-order valence-corrected chi connectivity index (χ4v) is 3.23. The molecule has 0 aromatic rings. The van der Waals surface area contributed by atoms with Gasteiger partial charge in [-0.25, -0.2) is 9.69 Å². The lowest BCUT2D eigenvalue weighted by Crippen LogP contribution is -2.48. The molecule has 2 heterocycles. The standard InChI is InChI=1S/C15H27N3O2/c1-4-12-7-5-6-8-17(12)10-18-14(19)13(9-11(2)3)16-15(18)20/h11-13H,4-10H2,1-3H3,(H,16,20)/t12-,13-/m1/s1. The lowest BCUT2D eigenvalue weighted by Gasteiger charge is -2.36. The zero-order chi connectivity index (χ0) is 14.7. The van der Waals surface area contributed by atoms with Gasteiger partial charge in [-0.3, -0.25) is 9.69 Å². The van der Waals surface area contributed by atoms with E-state index in [1.165, 1.54) is 17.7 Å². The number of imide groups is 1. The maximum atomic E-state index is 12.3. The number of piperidine rings is 1. The molecule has 114 valence electrons. The molecule has 2 rings (SSSR count). The van der Waals surface area contributed by atoms with Crippen LogP contribution in [0.2, 0.25) is 0 Å². The van der Waals surface area contributed by atoms with Crippen molar-refractivity contribution in [3.05, 3.63) is 0 Å². The minimum Gasteiger partial charge on any atom is -0.326 e. The summed E-state index contributed by atoms with van der Waals surface area (Å²) in [6.07, 6.45) is 5.40. The second-order valence-corrected chi connectivity index (χ2v) is 6.41. The molecule has 0 radical (unpaired) electrons. The average Bonchev–Trinajstić information content (AvgIpc) is 2.66. The number of urea groups is 1. The molecule has 0 saturated carbocycles. The van der Waals surface area contributed by atoms with E-state index in [-0.39, 0.29) is 18.0 Å². The SMILES string of the molecule is CC[C@@H]1CCCCN1CN1C(=O)N[C@H](CC(C)C)C1=O. The normalized spacial score (nSPS) is 28.3. The van der Waals surface area contributed by atoms with Crippen LogP contribution >= 0.6 is 0 Å². The zero-order valence-corrected chi connectivity index (χ0v) is 12.9. The predicted octanol–water partition coefficient (Wildman–Crippen LogP) is 2.17. The van der Waals surface area contributed by atoms with Gasteiger partial charge in [0, 0.05) is 12.6 Å². The molecule has 0 bridgehead atoms. The van der Waals surface area contributed by atoms with Gasteiger partial charge in [0.2, 0.25) is 0 Å². The number of carbonyl (C=O) groups is 2. The maximum absolute atomic E-state index is 12.3. The fraction of sp³-hybridized carbons (Fsp3) is 0.867. The van der Waals surface area contributed by atoms with E-state index in [1.54, 1.807) is 0 Å². The molecule has 3 amide bonds. The molecule has 2 aliphatic heterocycles. The van der Waals surface area contributed by atoms with Crippen molar-refractivity contribution in [2.75, 3.05) is 13.2 Å². The second kappa shape index (κ2) is 6.57. The monoisotopic (exact) mass is 281 g/mol. The van der Waals surface area contributed by atoms with E-state index in [1.807, 2.05) is 0 Å². The Bertz CT molecular complexity index is 370. The van der Waals surface area contributed by atoms with E-state index >= 15 is 0 Å². The van der Waals surface area contributed by atoms with E-state index < -0.39 is 0 Å². The number of carbonyl (C=O) groups excluding carboxylic acids is 2. The van der Waals surface area contributed by atoms with Crippen LogP contribution in [-0.4, -0.2) is 47.0 Å². The number of hydrogen-bond donors (Lipinski definition) is 1. The highest BCUT2D eigenvalue weighted by atomic mass is 16.2. The molecule has 2 atom stereocenters. The summed E-state index contributed by atoms with van der Waals surface area (Å²) in [6.45, 7) is 7.76. The van der Waals surface area contributed by atoms with Crippen molar-refractivity contribution < 1.29 is 9.59 Å². The number of nitrogens with zero attached hydrogens (tertiary/aromatic N) is 2. The topological polar surface area (TPSA) is 52.6 Å². The van der Waals surface area contributed by atoms with Gasteiger partial charge in [-0.05, 0) is 31.6 Å². The Morgan fingerprint density at radius 3 is 2.70 bits per heavy atom. The lowest BCUT2D eigenvalue weighted by atomic mass is 10.0. The Labute approximate surface area is 121 Å². The maximum Gasteiger partial charge on any atom is 0.325 e. The van der Waals surface area contributed by atoms with E-state index in [0.717, 1.165) is 25.8 Å². The highest BCUT2D eigenvalue weighted by molar-refractivity contribution is 6.04. The zero-order valence-electron chi connectivity index (χ0n) is 12.9. The van der Waals surface area contributed by atoms with Crippen molar-refractivity contribution in [2.24, 2.45) is 5.92 Å². The Balaban J connectivity index is 1.98. The molecule has 0 aliphatic carbocycles. The number of likely N-dealkylation sites (tertiary alicyclic amines) is 1. The molecule has 2 saturated heterocycles. The van der Waals surface area contributed by atoms with Crippen molar-refractivity contribution in [3.63, 3.8) is 0 Å². The average molecular weight is 281 g/mol. The highest BCUT2D eigenvalue weighted by Gasteiger charge is 2.39. The highest BCUT2D eigenvalue weighted by Crippen LogP contribution is 2.21. The van der Waals surface area contributed by atoms with Crippen LogP contribution in [0.5, 0.6) is 0 Å². The van der Waals surface area contributed by atoms with Gasteiger partial charge in [-0.15, -0.1) is 0 Å². The second-order valence-electron chi connectivity index (χ2n) is 6.41. The van der Waals surface area contributed by atoms with Crippen LogP contribution < -0.4 is 5.32 Å². The summed E-state index contributed by atoms with van der Waals surface area (Å²) in [7, 11) is 0. The Morgan fingerprint density at radius 1 is 1.30 bits per heavy atom. The van der Waals surface area contributed by atoms with Crippen LogP contribution in [0, 0.1) is 5.92 Å². The van der Waals surface area contributed by atoms with Crippen molar-refractivity contribution in [1.82, 2.24) is 15.1 Å². The van der Waals surface area contributed by atoms with E-state index in [0.29, 0.717) is 18.6 Å². The first-order valence-electron chi connectivity index (χ1n) is 7.88. The van der Waals surface area contributed by atoms with Crippen molar-refractivity contribution in [1.29, 1.82) is 0 Å². The Kier molecular flexibility index (Phi) is 5.02. The molecule has 0 spiro atoms. The quantitative estimate of drug-likeness (QED) is 0.786. The molecule has 0 aromatic heterocycles. The third-order valence-corrected chi connectivity index (χ3v) is 4.36. The van der Waals surface area contributed by atoms with Crippen LogP contribution in [0.3, 0.4) is 0 Å². The van der Waals surface area contributed by atoms with Gasteiger partial charge in [0.1, 0.15) is 6.04 Å². The summed E-state index contributed by atoms with van der Waals surface area (Å²) in [4.78, 5) is 28.0. The van der Waals surface area contributed by atoms with Gasteiger partial charge in [-0.2, -0.15) is 0 Å². The molecule has 0 unspecified atom stereocenters. The molecule has 1 N–H and O–H groups in total. The van der Waals surface area contributed by atoms with Crippen molar-refractivity contribution in [3.8, 4) is 0 Å². The molecular weight excluding hydrogens is 254 g/mol. The van der Waals surface area contributed by atoms with Gasteiger partial charge >= 0.3 is 6.03 Å². The first-order chi connectivity index (χ1) is 9.52. The molecule has 20 heavy (non-hydrogen) atoms. The number of hydrogen-bond acceptors (Lipinski definition) is 3. The van der Waals surface area contributed by atoms with Crippen LogP contribution in [-0.2, 0) is 4.79 Å². The molecule has 5 nitrogen and oxygen atoms in total. The Hall–Kier alpha value is -1.10. The van der Waals surface area contributed by atoms with Crippen LogP contribution in [0.4, 0.5) is 4.79 Å². The summed E-state index contributed by atoms with van der Waals surface area (Å²) in [5.41, 5.74) is 0. The minimum atomic E-state index is -0.327. The van der Waals surface area contributed by atoms with Crippen LogP contribution in [0.1, 0.15) is 52.9 Å². The van der Waals surface area contributed by atoms with Gasteiger partial charge in [0.25, 0.3) is 5.91 Å². The predicted molar refractivity (Wildman–Crippen MR) is 78.1 cm³/mol. The first-order valence-corrected chi connectivity index (χ1v) is 7.88. The Morgan fingerprint density at radius 2 is 2.05 bits per heavy atom. The van der Waals surface area contributed by atoms with E-state index in [2.05, 4.69) is 31.0 Å². The lowest BCUT2D eigenvalue weighted by molar-refractivity contribution is -0.129. The minimum absolute atomic E-state index is 0.0517. The van der Waals surface area contributed by atoms with Gasteiger partial charge < -0.3 is 5.32 Å². The summed E-state index contributed by atoms with van der Waals surface area (Å²) < 4.78 is 0. The smallest absolute Gasteiger partial charge is 0.325 e.